The van der Waals surface area contributed by atoms with E-state index < -0.39 is 0 Å². The van der Waals surface area contributed by atoms with Crippen LogP contribution in [0.5, 0.6) is 0 Å². The number of amides is 1. The molecule has 0 unspecified atom stereocenters. The third-order valence-electron chi connectivity index (χ3n) is 3.56. The van der Waals surface area contributed by atoms with Gasteiger partial charge in [-0.15, -0.1) is 21.5 Å². The van der Waals surface area contributed by atoms with Gasteiger partial charge in [-0.05, 0) is 29.9 Å². The highest BCUT2D eigenvalue weighted by Crippen LogP contribution is 2.24. The fraction of sp³-hybridized carbons (Fsp3) is 0.500. The van der Waals surface area contributed by atoms with Crippen molar-refractivity contribution in [1.82, 2.24) is 15.1 Å². The molecule has 21 heavy (non-hydrogen) atoms. The third-order valence-corrected chi connectivity index (χ3v) is 5.56. The van der Waals surface area contributed by atoms with Gasteiger partial charge in [0.25, 0.3) is 0 Å². The van der Waals surface area contributed by atoms with E-state index in [9.17, 15) is 4.79 Å². The van der Waals surface area contributed by atoms with Crippen LogP contribution in [0.2, 0.25) is 0 Å². The second kappa shape index (κ2) is 6.64. The Kier molecular flexibility index (Phi) is 4.62. The van der Waals surface area contributed by atoms with Gasteiger partial charge in [0, 0.05) is 30.9 Å². The Morgan fingerprint density at radius 2 is 2.38 bits per heavy atom. The van der Waals surface area contributed by atoms with Crippen LogP contribution in [0, 0.1) is 0 Å². The summed E-state index contributed by atoms with van der Waals surface area (Å²) in [5.41, 5.74) is 1.42. The minimum absolute atomic E-state index is 0.0184. The van der Waals surface area contributed by atoms with Gasteiger partial charge in [-0.2, -0.15) is 0 Å². The lowest BCUT2D eigenvalue weighted by atomic mass is 10.1. The van der Waals surface area contributed by atoms with E-state index in [4.69, 9.17) is 0 Å². The molecule has 0 atom stereocenters. The van der Waals surface area contributed by atoms with Crippen molar-refractivity contribution >= 4 is 33.7 Å². The molecule has 1 amide bonds. The fourth-order valence-corrected chi connectivity index (χ4v) is 3.97. The summed E-state index contributed by atoms with van der Waals surface area (Å²) in [7, 11) is 0. The Hall–Kier alpha value is -1.31. The average molecular weight is 322 g/mol. The van der Waals surface area contributed by atoms with E-state index in [1.165, 1.54) is 21.8 Å². The van der Waals surface area contributed by atoms with Crippen LogP contribution in [0.25, 0.3) is 0 Å². The first-order valence-corrected chi connectivity index (χ1v) is 8.84. The molecule has 112 valence electrons. The minimum Gasteiger partial charge on any atom is -0.300 e. The highest BCUT2D eigenvalue weighted by Gasteiger charge is 2.18. The topological polar surface area (TPSA) is 58.1 Å². The van der Waals surface area contributed by atoms with Gasteiger partial charge in [-0.25, -0.2) is 0 Å². The van der Waals surface area contributed by atoms with E-state index in [1.807, 2.05) is 18.3 Å². The first kappa shape index (κ1) is 14.6. The fourth-order valence-electron chi connectivity index (χ4n) is 2.39. The van der Waals surface area contributed by atoms with Crippen molar-refractivity contribution in [3.05, 3.63) is 26.9 Å². The number of anilines is 1. The van der Waals surface area contributed by atoms with Crippen molar-refractivity contribution in [3.8, 4) is 0 Å². The number of carbonyl (C=O) groups is 1. The van der Waals surface area contributed by atoms with E-state index in [0.29, 0.717) is 11.6 Å². The lowest BCUT2D eigenvalue weighted by Gasteiger charge is -2.26. The van der Waals surface area contributed by atoms with Crippen LogP contribution in [0.4, 0.5) is 5.13 Å². The third kappa shape index (κ3) is 3.66. The lowest BCUT2D eigenvalue weighted by molar-refractivity contribution is -0.116. The van der Waals surface area contributed by atoms with Gasteiger partial charge >= 0.3 is 0 Å². The van der Waals surface area contributed by atoms with Crippen molar-refractivity contribution in [1.29, 1.82) is 0 Å². The highest BCUT2D eigenvalue weighted by atomic mass is 32.1. The van der Waals surface area contributed by atoms with E-state index >= 15 is 0 Å². The quantitative estimate of drug-likeness (QED) is 0.919. The Morgan fingerprint density at radius 1 is 1.48 bits per heavy atom. The molecule has 2 aromatic heterocycles. The van der Waals surface area contributed by atoms with Crippen molar-refractivity contribution in [2.75, 3.05) is 18.4 Å². The van der Waals surface area contributed by atoms with Crippen LogP contribution < -0.4 is 5.32 Å². The number of aryl methyl sites for hydroxylation is 1. The first-order valence-electron chi connectivity index (χ1n) is 7.14. The average Bonchev–Trinajstić information content (AvgIpc) is 3.13. The Labute approximate surface area is 132 Å². The number of hydrogen-bond donors (Lipinski definition) is 1. The molecular weight excluding hydrogens is 304 g/mol. The molecule has 0 aromatic carbocycles. The second-order valence-electron chi connectivity index (χ2n) is 5.05. The lowest BCUT2D eigenvalue weighted by Crippen LogP contribution is -2.32. The molecule has 3 rings (SSSR count). The molecule has 7 heteroatoms. The number of nitrogens with one attached hydrogen (secondary N) is 1. The Balaban J connectivity index is 1.46. The number of rotatable bonds is 5. The summed E-state index contributed by atoms with van der Waals surface area (Å²) in [4.78, 5) is 15.8. The molecule has 1 aliphatic rings. The summed E-state index contributed by atoms with van der Waals surface area (Å²) in [6.45, 7) is 4.83. The van der Waals surface area contributed by atoms with Gasteiger partial charge in [0.2, 0.25) is 11.0 Å². The minimum atomic E-state index is 0.0184. The van der Waals surface area contributed by atoms with E-state index in [1.54, 1.807) is 0 Å². The number of aromatic nitrogens is 2. The van der Waals surface area contributed by atoms with Gasteiger partial charge in [0.05, 0.1) is 0 Å². The standard InChI is InChI=1S/C14H18N4OS2/c1-2-13-16-17-14(21-13)15-12(19)4-7-18-6-3-11-10(9-18)5-8-20-11/h5,8H,2-4,6-7,9H2,1H3,(H,15,17,19). The largest absolute Gasteiger partial charge is 0.300 e. The van der Waals surface area contributed by atoms with Crippen LogP contribution in [0.3, 0.4) is 0 Å². The summed E-state index contributed by atoms with van der Waals surface area (Å²) >= 11 is 3.29. The van der Waals surface area contributed by atoms with Crippen molar-refractivity contribution in [2.45, 2.75) is 32.7 Å². The summed E-state index contributed by atoms with van der Waals surface area (Å²) in [6, 6.07) is 2.19. The summed E-state index contributed by atoms with van der Waals surface area (Å²) in [5, 5.41) is 14.5. The number of thiophene rings is 1. The number of hydrogen-bond acceptors (Lipinski definition) is 6. The predicted octanol–water partition coefficient (Wildman–Crippen LogP) is 2.55. The molecular formula is C14H18N4OS2. The van der Waals surface area contributed by atoms with E-state index in [0.717, 1.165) is 37.5 Å². The van der Waals surface area contributed by atoms with Crippen LogP contribution in [0.15, 0.2) is 11.4 Å². The van der Waals surface area contributed by atoms with E-state index in [-0.39, 0.29) is 5.91 Å². The maximum Gasteiger partial charge on any atom is 0.227 e. The first-order chi connectivity index (χ1) is 10.2. The SMILES string of the molecule is CCc1nnc(NC(=O)CCN2CCc3sccc3C2)s1. The maximum absolute atomic E-state index is 12.0. The van der Waals surface area contributed by atoms with Crippen molar-refractivity contribution in [3.63, 3.8) is 0 Å². The number of fused-ring (bicyclic) bond motifs is 1. The molecule has 0 radical (unpaired) electrons. The zero-order chi connectivity index (χ0) is 14.7. The summed E-state index contributed by atoms with van der Waals surface area (Å²) in [6.07, 6.45) is 2.45. The molecule has 2 aromatic rings. The maximum atomic E-state index is 12.0. The van der Waals surface area contributed by atoms with Gasteiger partial charge in [-0.3, -0.25) is 9.69 Å². The molecule has 1 aliphatic heterocycles. The summed E-state index contributed by atoms with van der Waals surface area (Å²) in [5.74, 6) is 0.0184. The van der Waals surface area contributed by atoms with E-state index in [2.05, 4.69) is 31.9 Å². The zero-order valence-corrected chi connectivity index (χ0v) is 13.6. The molecule has 1 N–H and O–H groups in total. The Bertz CT molecular complexity index is 622. The molecule has 0 saturated carbocycles. The van der Waals surface area contributed by atoms with Crippen LogP contribution in [-0.2, 0) is 24.2 Å². The van der Waals surface area contributed by atoms with Crippen LogP contribution in [0.1, 0.15) is 28.8 Å². The molecule has 0 fully saturated rings. The molecule has 0 saturated heterocycles. The number of carbonyl (C=O) groups excluding carboxylic acids is 1. The van der Waals surface area contributed by atoms with Gasteiger partial charge in [0.1, 0.15) is 5.01 Å². The van der Waals surface area contributed by atoms with Crippen molar-refractivity contribution in [2.24, 2.45) is 0 Å². The highest BCUT2D eigenvalue weighted by molar-refractivity contribution is 7.15. The molecule has 0 aliphatic carbocycles. The van der Waals surface area contributed by atoms with Crippen LogP contribution >= 0.6 is 22.7 Å². The van der Waals surface area contributed by atoms with Gasteiger partial charge < -0.3 is 5.32 Å². The molecule has 3 heterocycles. The summed E-state index contributed by atoms with van der Waals surface area (Å²) < 4.78 is 0. The van der Waals surface area contributed by atoms with Crippen molar-refractivity contribution < 1.29 is 4.79 Å². The second-order valence-corrected chi connectivity index (χ2v) is 7.11. The normalized spacial score (nSPS) is 14.9. The predicted molar refractivity (Wildman–Crippen MR) is 85.8 cm³/mol. The molecule has 0 bridgehead atoms. The molecule has 0 spiro atoms. The molecule has 5 nitrogen and oxygen atoms in total. The Morgan fingerprint density at radius 3 is 3.19 bits per heavy atom. The van der Waals surface area contributed by atoms with Gasteiger partial charge in [0.15, 0.2) is 0 Å². The van der Waals surface area contributed by atoms with Gasteiger partial charge in [-0.1, -0.05) is 18.3 Å². The van der Waals surface area contributed by atoms with Crippen LogP contribution in [-0.4, -0.2) is 34.1 Å². The monoisotopic (exact) mass is 322 g/mol. The number of nitrogens with zero attached hydrogens (tertiary/aromatic N) is 3. The zero-order valence-electron chi connectivity index (χ0n) is 12.0. The smallest absolute Gasteiger partial charge is 0.227 e.